The summed E-state index contributed by atoms with van der Waals surface area (Å²) in [6.45, 7) is 0. The third-order valence-electron chi connectivity index (χ3n) is 4.38. The van der Waals surface area contributed by atoms with Crippen molar-refractivity contribution in [3.63, 3.8) is 0 Å². The first kappa shape index (κ1) is 19.1. The van der Waals surface area contributed by atoms with Crippen LogP contribution in [0.15, 0.2) is 60.7 Å². The van der Waals surface area contributed by atoms with Gasteiger partial charge in [0.2, 0.25) is 0 Å². The zero-order chi connectivity index (χ0) is 20.6. The number of nitrogens with two attached hydrogens (primary N) is 1. The molecule has 2 N–H and O–H groups in total. The Bertz CT molecular complexity index is 1200. The predicted octanol–water partition coefficient (Wildman–Crippen LogP) is 5.07. The molecule has 0 unspecified atom stereocenters. The first-order chi connectivity index (χ1) is 13.8. The number of thiophene rings is 1. The molecular formula is C21H14F3N3OS. The number of hydrogen-bond donors (Lipinski definition) is 1. The van der Waals surface area contributed by atoms with E-state index in [2.05, 4.69) is 9.97 Å². The topological polar surface area (TPSA) is 68.9 Å². The van der Waals surface area contributed by atoms with Gasteiger partial charge in [-0.25, -0.2) is 9.97 Å². The SMILES string of the molecule is NC(=O)c1nc2ccccc2nc1Cc1ccc(-c2ccc(C(F)(F)F)cc2)s1. The van der Waals surface area contributed by atoms with E-state index in [1.165, 1.54) is 23.5 Å². The van der Waals surface area contributed by atoms with E-state index in [9.17, 15) is 18.0 Å². The molecule has 1 amide bonds. The minimum Gasteiger partial charge on any atom is -0.364 e. The molecule has 2 heterocycles. The smallest absolute Gasteiger partial charge is 0.364 e. The maximum absolute atomic E-state index is 12.7. The minimum absolute atomic E-state index is 0.119. The van der Waals surface area contributed by atoms with Gasteiger partial charge in [-0.1, -0.05) is 24.3 Å². The van der Waals surface area contributed by atoms with Crippen LogP contribution in [0, 0.1) is 0 Å². The van der Waals surface area contributed by atoms with E-state index in [1.54, 1.807) is 18.2 Å². The largest absolute Gasteiger partial charge is 0.416 e. The molecule has 0 aliphatic carbocycles. The molecule has 2 aromatic heterocycles. The lowest BCUT2D eigenvalue weighted by molar-refractivity contribution is -0.137. The summed E-state index contributed by atoms with van der Waals surface area (Å²) >= 11 is 1.42. The first-order valence-corrected chi connectivity index (χ1v) is 9.45. The van der Waals surface area contributed by atoms with Crippen molar-refractivity contribution in [1.29, 1.82) is 0 Å². The second-order valence-corrected chi connectivity index (χ2v) is 7.56. The zero-order valence-corrected chi connectivity index (χ0v) is 15.7. The molecule has 0 saturated heterocycles. The van der Waals surface area contributed by atoms with Gasteiger partial charge in [-0.2, -0.15) is 13.2 Å². The van der Waals surface area contributed by atoms with Crippen molar-refractivity contribution < 1.29 is 18.0 Å². The maximum atomic E-state index is 12.7. The highest BCUT2D eigenvalue weighted by atomic mass is 32.1. The van der Waals surface area contributed by atoms with Gasteiger partial charge in [0, 0.05) is 16.2 Å². The van der Waals surface area contributed by atoms with Gasteiger partial charge in [0.25, 0.3) is 5.91 Å². The van der Waals surface area contributed by atoms with E-state index in [-0.39, 0.29) is 5.69 Å². The number of halogens is 3. The van der Waals surface area contributed by atoms with Crippen LogP contribution in [0.3, 0.4) is 0 Å². The third kappa shape index (κ3) is 3.97. The standard InChI is InChI=1S/C21H14F3N3OS/c22-21(23,24)13-7-5-12(6-8-13)18-10-9-14(29-18)11-17-19(20(25)28)27-16-4-2-1-3-15(16)26-17/h1-10H,11H2,(H2,25,28). The number of carbonyl (C=O) groups excluding carboxylic acids is 1. The molecule has 8 heteroatoms. The average molecular weight is 413 g/mol. The summed E-state index contributed by atoms with van der Waals surface area (Å²) in [6, 6.07) is 15.9. The Labute approximate surface area is 167 Å². The fourth-order valence-corrected chi connectivity index (χ4v) is 3.99. The fraction of sp³-hybridized carbons (Fsp3) is 0.0952. The Kier molecular flexibility index (Phi) is 4.79. The Balaban J connectivity index is 1.64. The number of hydrogen-bond acceptors (Lipinski definition) is 4. The van der Waals surface area contributed by atoms with Gasteiger partial charge in [-0.05, 0) is 42.0 Å². The number of amides is 1. The van der Waals surface area contributed by atoms with Crippen LogP contribution >= 0.6 is 11.3 Å². The van der Waals surface area contributed by atoms with Gasteiger partial charge in [0.1, 0.15) is 0 Å². The first-order valence-electron chi connectivity index (χ1n) is 8.63. The van der Waals surface area contributed by atoms with Crippen LogP contribution in [0.25, 0.3) is 21.5 Å². The van der Waals surface area contributed by atoms with Crippen LogP contribution in [0.5, 0.6) is 0 Å². The lowest BCUT2D eigenvalue weighted by Crippen LogP contribution is -2.17. The molecule has 4 nitrogen and oxygen atoms in total. The van der Waals surface area contributed by atoms with E-state index in [0.29, 0.717) is 28.7 Å². The summed E-state index contributed by atoms with van der Waals surface area (Å²) in [6.07, 6.45) is -4.01. The number of nitrogens with zero attached hydrogens (tertiary/aromatic N) is 2. The molecule has 4 rings (SSSR count). The van der Waals surface area contributed by atoms with Crippen LogP contribution in [-0.2, 0) is 12.6 Å². The molecule has 2 aromatic carbocycles. The lowest BCUT2D eigenvalue weighted by atomic mass is 10.1. The molecule has 0 fully saturated rings. The van der Waals surface area contributed by atoms with Crippen LogP contribution in [0.2, 0.25) is 0 Å². The summed E-state index contributed by atoms with van der Waals surface area (Å²) in [4.78, 5) is 22.4. The van der Waals surface area contributed by atoms with Crippen LogP contribution in [0.4, 0.5) is 13.2 Å². The highest BCUT2D eigenvalue weighted by molar-refractivity contribution is 7.15. The number of carbonyl (C=O) groups is 1. The Morgan fingerprint density at radius 2 is 1.59 bits per heavy atom. The van der Waals surface area contributed by atoms with Crippen molar-refractivity contribution in [2.24, 2.45) is 5.73 Å². The highest BCUT2D eigenvalue weighted by Crippen LogP contribution is 2.33. The van der Waals surface area contributed by atoms with E-state index >= 15 is 0 Å². The molecule has 0 bridgehead atoms. The Hall–Kier alpha value is -3.26. The van der Waals surface area contributed by atoms with Crippen molar-refractivity contribution >= 4 is 28.3 Å². The third-order valence-corrected chi connectivity index (χ3v) is 5.51. The summed E-state index contributed by atoms with van der Waals surface area (Å²) in [5, 5.41) is 0. The van der Waals surface area contributed by atoms with Gasteiger partial charge >= 0.3 is 6.18 Å². The average Bonchev–Trinajstić information content (AvgIpc) is 3.15. The molecule has 0 aliphatic rings. The van der Waals surface area contributed by atoms with Crippen LogP contribution in [-0.4, -0.2) is 15.9 Å². The number of rotatable bonds is 4. The summed E-state index contributed by atoms with van der Waals surface area (Å²) < 4.78 is 38.2. The van der Waals surface area contributed by atoms with E-state index in [0.717, 1.165) is 21.9 Å². The molecular weight excluding hydrogens is 399 g/mol. The fourth-order valence-electron chi connectivity index (χ4n) is 2.97. The van der Waals surface area contributed by atoms with Crippen molar-refractivity contribution in [2.45, 2.75) is 12.6 Å². The second-order valence-electron chi connectivity index (χ2n) is 6.39. The summed E-state index contributed by atoms with van der Waals surface area (Å²) in [5.41, 5.74) is 7.31. The molecule has 0 atom stereocenters. The molecule has 0 spiro atoms. The molecule has 0 saturated carbocycles. The van der Waals surface area contributed by atoms with E-state index in [1.807, 2.05) is 18.2 Å². The number of primary amides is 1. The lowest BCUT2D eigenvalue weighted by Gasteiger charge is -2.07. The maximum Gasteiger partial charge on any atom is 0.416 e. The van der Waals surface area contributed by atoms with Gasteiger partial charge in [-0.15, -0.1) is 11.3 Å². The normalized spacial score (nSPS) is 11.7. The van der Waals surface area contributed by atoms with Gasteiger partial charge < -0.3 is 5.73 Å². The second kappa shape index (κ2) is 7.29. The Morgan fingerprint density at radius 1 is 0.931 bits per heavy atom. The number of aromatic nitrogens is 2. The number of alkyl halides is 3. The Morgan fingerprint density at radius 3 is 2.21 bits per heavy atom. The van der Waals surface area contributed by atoms with Gasteiger partial charge in [0.15, 0.2) is 5.69 Å². The molecule has 146 valence electrons. The summed E-state index contributed by atoms with van der Waals surface area (Å²) in [5.74, 6) is -0.655. The van der Waals surface area contributed by atoms with Crippen molar-refractivity contribution in [2.75, 3.05) is 0 Å². The molecule has 4 aromatic rings. The van der Waals surface area contributed by atoms with Crippen molar-refractivity contribution in [3.05, 3.63) is 82.5 Å². The predicted molar refractivity (Wildman–Crippen MR) is 106 cm³/mol. The highest BCUT2D eigenvalue weighted by Gasteiger charge is 2.30. The quantitative estimate of drug-likeness (QED) is 0.508. The minimum atomic E-state index is -4.36. The molecule has 0 radical (unpaired) electrons. The van der Waals surface area contributed by atoms with Crippen molar-refractivity contribution in [1.82, 2.24) is 9.97 Å². The van der Waals surface area contributed by atoms with Crippen LogP contribution < -0.4 is 5.73 Å². The summed E-state index contributed by atoms with van der Waals surface area (Å²) in [7, 11) is 0. The van der Waals surface area contributed by atoms with E-state index < -0.39 is 17.6 Å². The molecule has 29 heavy (non-hydrogen) atoms. The molecule has 0 aliphatic heterocycles. The van der Waals surface area contributed by atoms with Gasteiger partial charge in [0.05, 0.1) is 22.3 Å². The van der Waals surface area contributed by atoms with Gasteiger partial charge in [-0.3, -0.25) is 4.79 Å². The number of fused-ring (bicyclic) bond motifs is 1. The van der Waals surface area contributed by atoms with Crippen molar-refractivity contribution in [3.8, 4) is 10.4 Å². The van der Waals surface area contributed by atoms with E-state index in [4.69, 9.17) is 5.73 Å². The zero-order valence-electron chi connectivity index (χ0n) is 14.9. The van der Waals surface area contributed by atoms with Crippen LogP contribution in [0.1, 0.15) is 26.6 Å². The monoisotopic (exact) mass is 413 g/mol. The number of para-hydroxylation sites is 2. The number of benzene rings is 2.